The van der Waals surface area contributed by atoms with Crippen LogP contribution in [0.25, 0.3) is 0 Å². The fraction of sp³-hybridized carbons (Fsp3) is 0.615. The Hall–Kier alpha value is -1.85. The van der Waals surface area contributed by atoms with Gasteiger partial charge >= 0.3 is 0 Å². The van der Waals surface area contributed by atoms with E-state index in [1.54, 1.807) is 13.1 Å². The Morgan fingerprint density at radius 2 is 2.16 bits per heavy atom. The summed E-state index contributed by atoms with van der Waals surface area (Å²) in [6.45, 7) is 6.30. The highest BCUT2D eigenvalue weighted by atomic mass is 16.2. The number of imidazole rings is 1. The first-order valence-corrected chi connectivity index (χ1v) is 6.71. The van der Waals surface area contributed by atoms with Gasteiger partial charge in [0.1, 0.15) is 11.5 Å². The fourth-order valence-electron chi connectivity index (χ4n) is 2.18. The van der Waals surface area contributed by atoms with Crippen LogP contribution in [0.4, 0.5) is 0 Å². The van der Waals surface area contributed by atoms with Gasteiger partial charge in [0.05, 0.1) is 0 Å². The molecule has 0 saturated carbocycles. The van der Waals surface area contributed by atoms with Gasteiger partial charge in [-0.05, 0) is 6.42 Å². The SMILES string of the molecule is CCCNC(=O)c1cn2c(n1)CCN(C(C)=O)CC2. The van der Waals surface area contributed by atoms with Crippen LogP contribution in [-0.4, -0.2) is 45.9 Å². The van der Waals surface area contributed by atoms with E-state index in [-0.39, 0.29) is 11.8 Å². The Bertz CT molecular complexity index is 455. The largest absolute Gasteiger partial charge is 0.351 e. The van der Waals surface area contributed by atoms with Crippen molar-refractivity contribution < 1.29 is 9.59 Å². The van der Waals surface area contributed by atoms with E-state index in [1.165, 1.54) is 0 Å². The summed E-state index contributed by atoms with van der Waals surface area (Å²) in [6.07, 6.45) is 3.39. The van der Waals surface area contributed by atoms with Crippen molar-refractivity contribution in [3.63, 3.8) is 0 Å². The highest BCUT2D eigenvalue weighted by Gasteiger charge is 2.19. The van der Waals surface area contributed by atoms with Gasteiger partial charge in [-0.3, -0.25) is 9.59 Å². The number of nitrogens with one attached hydrogen (secondary N) is 1. The molecule has 0 aromatic carbocycles. The Balaban J connectivity index is 2.06. The molecule has 0 unspecified atom stereocenters. The van der Waals surface area contributed by atoms with Gasteiger partial charge in [-0.2, -0.15) is 0 Å². The summed E-state index contributed by atoms with van der Waals surface area (Å²) < 4.78 is 1.98. The number of carbonyl (C=O) groups excluding carboxylic acids is 2. The first-order chi connectivity index (χ1) is 9.11. The minimum atomic E-state index is -0.120. The third kappa shape index (κ3) is 3.13. The van der Waals surface area contributed by atoms with E-state index >= 15 is 0 Å². The lowest BCUT2D eigenvalue weighted by atomic mass is 10.3. The molecule has 2 rings (SSSR count). The maximum Gasteiger partial charge on any atom is 0.271 e. The molecule has 0 bridgehead atoms. The van der Waals surface area contributed by atoms with Crippen molar-refractivity contribution in [3.05, 3.63) is 17.7 Å². The van der Waals surface area contributed by atoms with Crippen molar-refractivity contribution >= 4 is 11.8 Å². The zero-order valence-electron chi connectivity index (χ0n) is 11.5. The first-order valence-electron chi connectivity index (χ1n) is 6.71. The highest BCUT2D eigenvalue weighted by molar-refractivity contribution is 5.92. The van der Waals surface area contributed by atoms with Gasteiger partial charge in [-0.25, -0.2) is 4.98 Å². The van der Waals surface area contributed by atoms with Crippen LogP contribution in [0.15, 0.2) is 6.20 Å². The molecule has 2 heterocycles. The number of aromatic nitrogens is 2. The average Bonchev–Trinajstić information content (AvgIpc) is 2.69. The minimum Gasteiger partial charge on any atom is -0.351 e. The Kier molecular flexibility index (Phi) is 4.19. The second kappa shape index (κ2) is 5.86. The molecule has 19 heavy (non-hydrogen) atoms. The van der Waals surface area contributed by atoms with E-state index < -0.39 is 0 Å². The molecule has 0 fully saturated rings. The summed E-state index contributed by atoms with van der Waals surface area (Å²) in [5.74, 6) is 0.850. The molecule has 0 radical (unpaired) electrons. The standard InChI is InChI=1S/C13H20N4O2/c1-3-5-14-13(19)11-9-17-8-7-16(10(2)18)6-4-12(17)15-11/h9H,3-8H2,1-2H3,(H,14,19). The van der Waals surface area contributed by atoms with E-state index in [2.05, 4.69) is 10.3 Å². The Morgan fingerprint density at radius 1 is 1.37 bits per heavy atom. The van der Waals surface area contributed by atoms with Gasteiger partial charge in [-0.15, -0.1) is 0 Å². The van der Waals surface area contributed by atoms with Crippen LogP contribution in [0, 0.1) is 0 Å². The van der Waals surface area contributed by atoms with E-state index in [0.29, 0.717) is 38.3 Å². The lowest BCUT2D eigenvalue weighted by molar-refractivity contribution is -0.128. The highest BCUT2D eigenvalue weighted by Crippen LogP contribution is 2.10. The van der Waals surface area contributed by atoms with Crippen LogP contribution < -0.4 is 5.32 Å². The quantitative estimate of drug-likeness (QED) is 0.860. The molecule has 0 aliphatic carbocycles. The maximum atomic E-state index is 11.8. The van der Waals surface area contributed by atoms with Crippen molar-refractivity contribution in [2.45, 2.75) is 33.2 Å². The van der Waals surface area contributed by atoms with E-state index in [1.807, 2.05) is 16.4 Å². The molecule has 0 atom stereocenters. The van der Waals surface area contributed by atoms with Gasteiger partial charge in [0.2, 0.25) is 5.91 Å². The molecular weight excluding hydrogens is 244 g/mol. The van der Waals surface area contributed by atoms with Crippen LogP contribution in [0.1, 0.15) is 36.6 Å². The molecule has 0 spiro atoms. The normalized spacial score (nSPS) is 14.7. The molecule has 6 heteroatoms. The van der Waals surface area contributed by atoms with Crippen LogP contribution in [0.5, 0.6) is 0 Å². The summed E-state index contributed by atoms with van der Waals surface area (Å²) in [5.41, 5.74) is 0.472. The number of hydrogen-bond donors (Lipinski definition) is 1. The molecular formula is C13H20N4O2. The number of fused-ring (bicyclic) bond motifs is 1. The van der Waals surface area contributed by atoms with Crippen molar-refractivity contribution in [3.8, 4) is 0 Å². The molecule has 1 N–H and O–H groups in total. The number of amides is 2. The summed E-state index contributed by atoms with van der Waals surface area (Å²) in [6, 6.07) is 0. The van der Waals surface area contributed by atoms with Crippen molar-refractivity contribution in [1.29, 1.82) is 0 Å². The van der Waals surface area contributed by atoms with Crippen LogP contribution in [-0.2, 0) is 17.8 Å². The Labute approximate surface area is 112 Å². The molecule has 1 aromatic rings. The molecule has 104 valence electrons. The topological polar surface area (TPSA) is 67.2 Å². The van der Waals surface area contributed by atoms with Gasteiger partial charge in [0, 0.05) is 45.7 Å². The van der Waals surface area contributed by atoms with E-state index in [9.17, 15) is 9.59 Å². The predicted molar refractivity (Wildman–Crippen MR) is 70.8 cm³/mol. The van der Waals surface area contributed by atoms with Gasteiger partial charge in [0.15, 0.2) is 0 Å². The summed E-state index contributed by atoms with van der Waals surface area (Å²) in [7, 11) is 0. The lowest BCUT2D eigenvalue weighted by Crippen LogP contribution is -2.31. The third-order valence-electron chi connectivity index (χ3n) is 3.29. The van der Waals surface area contributed by atoms with Gasteiger partial charge in [-0.1, -0.05) is 6.92 Å². The number of hydrogen-bond acceptors (Lipinski definition) is 3. The monoisotopic (exact) mass is 264 g/mol. The van der Waals surface area contributed by atoms with Gasteiger partial charge in [0.25, 0.3) is 5.91 Å². The molecule has 1 aliphatic rings. The van der Waals surface area contributed by atoms with Gasteiger partial charge < -0.3 is 14.8 Å². The predicted octanol–water partition coefficient (Wildman–Crippen LogP) is 0.427. The number of nitrogens with zero attached hydrogens (tertiary/aromatic N) is 3. The minimum absolute atomic E-state index is 0.0895. The zero-order chi connectivity index (χ0) is 13.8. The molecule has 2 amide bonds. The lowest BCUT2D eigenvalue weighted by Gasteiger charge is -2.17. The summed E-state index contributed by atoms with van der Waals surface area (Å²) in [4.78, 5) is 29.4. The second-order valence-corrected chi connectivity index (χ2v) is 4.75. The summed E-state index contributed by atoms with van der Waals surface area (Å²) >= 11 is 0. The smallest absolute Gasteiger partial charge is 0.271 e. The van der Waals surface area contributed by atoms with Crippen LogP contribution in [0.2, 0.25) is 0 Å². The molecule has 0 saturated heterocycles. The van der Waals surface area contributed by atoms with E-state index in [0.717, 1.165) is 12.2 Å². The van der Waals surface area contributed by atoms with Crippen LogP contribution in [0.3, 0.4) is 0 Å². The molecule has 1 aromatic heterocycles. The third-order valence-corrected chi connectivity index (χ3v) is 3.29. The van der Waals surface area contributed by atoms with Crippen molar-refractivity contribution in [2.24, 2.45) is 0 Å². The summed E-state index contributed by atoms with van der Waals surface area (Å²) in [5, 5.41) is 2.82. The van der Waals surface area contributed by atoms with Crippen molar-refractivity contribution in [1.82, 2.24) is 19.8 Å². The molecule has 1 aliphatic heterocycles. The van der Waals surface area contributed by atoms with Crippen LogP contribution >= 0.6 is 0 Å². The zero-order valence-corrected chi connectivity index (χ0v) is 11.5. The fourth-order valence-corrected chi connectivity index (χ4v) is 2.18. The first kappa shape index (κ1) is 13.6. The number of carbonyl (C=O) groups is 2. The second-order valence-electron chi connectivity index (χ2n) is 4.75. The molecule has 6 nitrogen and oxygen atoms in total. The van der Waals surface area contributed by atoms with Crippen molar-refractivity contribution in [2.75, 3.05) is 19.6 Å². The average molecular weight is 264 g/mol. The maximum absolute atomic E-state index is 11.8. The number of rotatable bonds is 3. The Morgan fingerprint density at radius 3 is 2.84 bits per heavy atom. The van der Waals surface area contributed by atoms with E-state index in [4.69, 9.17) is 0 Å².